The van der Waals surface area contributed by atoms with E-state index in [1.807, 2.05) is 0 Å². The molecule has 0 unspecified atom stereocenters. The Labute approximate surface area is 121 Å². The highest BCUT2D eigenvalue weighted by Gasteiger charge is 2.12. The van der Waals surface area contributed by atoms with Gasteiger partial charge in [0.1, 0.15) is 11.5 Å². The number of primary amides is 1. The summed E-state index contributed by atoms with van der Waals surface area (Å²) in [6, 6.07) is 14.2. The maximum atomic E-state index is 13.6. The van der Waals surface area contributed by atoms with Crippen LogP contribution in [-0.2, 0) is 4.79 Å². The van der Waals surface area contributed by atoms with Crippen LogP contribution in [0.3, 0.4) is 0 Å². The Kier molecular flexibility index (Phi) is 4.46. The van der Waals surface area contributed by atoms with Gasteiger partial charge in [-0.05, 0) is 24.3 Å². The molecule has 0 aromatic heterocycles. The van der Waals surface area contributed by atoms with Gasteiger partial charge < -0.3 is 11.1 Å². The molecule has 0 radical (unpaired) electrons. The maximum Gasteiger partial charge on any atom is 0.265 e. The first-order valence-corrected chi connectivity index (χ1v) is 6.20. The highest BCUT2D eigenvalue weighted by atomic mass is 19.1. The quantitative estimate of drug-likeness (QED) is 0.844. The van der Waals surface area contributed by atoms with Crippen LogP contribution in [0.4, 0.5) is 4.39 Å². The number of carbonyl (C=O) groups is 2. The fourth-order valence-electron chi connectivity index (χ4n) is 1.70. The second-order valence-corrected chi connectivity index (χ2v) is 4.26. The minimum Gasteiger partial charge on any atom is -0.364 e. The summed E-state index contributed by atoms with van der Waals surface area (Å²) in [6.07, 6.45) is 1.21. The topological polar surface area (TPSA) is 72.2 Å². The Bertz CT molecular complexity index is 696. The molecule has 21 heavy (non-hydrogen) atoms. The number of benzene rings is 2. The van der Waals surface area contributed by atoms with Gasteiger partial charge in [0.25, 0.3) is 11.8 Å². The van der Waals surface area contributed by atoms with Gasteiger partial charge in [0, 0.05) is 11.1 Å². The van der Waals surface area contributed by atoms with Crippen molar-refractivity contribution in [2.75, 3.05) is 0 Å². The van der Waals surface area contributed by atoms with Crippen LogP contribution in [0.15, 0.2) is 60.3 Å². The summed E-state index contributed by atoms with van der Waals surface area (Å²) in [5, 5.41) is 2.39. The summed E-state index contributed by atoms with van der Waals surface area (Å²) in [5.74, 6) is -1.84. The molecule has 3 N–H and O–H groups in total. The van der Waals surface area contributed by atoms with Crippen molar-refractivity contribution >= 4 is 17.9 Å². The molecule has 0 spiro atoms. The molecule has 2 amide bonds. The Morgan fingerprint density at radius 2 is 1.62 bits per heavy atom. The van der Waals surface area contributed by atoms with Gasteiger partial charge in [0.2, 0.25) is 0 Å². The number of hydrogen-bond acceptors (Lipinski definition) is 2. The fraction of sp³-hybridized carbons (Fsp3) is 0. The second-order valence-electron chi connectivity index (χ2n) is 4.26. The lowest BCUT2D eigenvalue weighted by atomic mass is 10.1. The van der Waals surface area contributed by atoms with Gasteiger partial charge in [-0.3, -0.25) is 9.59 Å². The zero-order valence-electron chi connectivity index (χ0n) is 11.0. The molecule has 0 bridgehead atoms. The number of halogens is 1. The third-order valence-electron chi connectivity index (χ3n) is 2.75. The minimum atomic E-state index is -0.845. The largest absolute Gasteiger partial charge is 0.364 e. The Morgan fingerprint density at radius 3 is 2.24 bits per heavy atom. The number of hydrogen-bond donors (Lipinski definition) is 2. The minimum absolute atomic E-state index is 0.166. The molecule has 0 aliphatic heterocycles. The summed E-state index contributed by atoms with van der Waals surface area (Å²) >= 11 is 0. The molecule has 106 valence electrons. The van der Waals surface area contributed by atoms with Crippen molar-refractivity contribution in [3.8, 4) is 0 Å². The van der Waals surface area contributed by atoms with E-state index < -0.39 is 17.6 Å². The van der Waals surface area contributed by atoms with E-state index in [2.05, 4.69) is 5.32 Å². The summed E-state index contributed by atoms with van der Waals surface area (Å²) in [6.45, 7) is 0. The number of rotatable bonds is 4. The molecule has 0 saturated carbocycles. The highest BCUT2D eigenvalue weighted by molar-refractivity contribution is 6.04. The van der Waals surface area contributed by atoms with E-state index in [1.165, 1.54) is 24.3 Å². The Balaban J connectivity index is 2.27. The lowest BCUT2D eigenvalue weighted by Crippen LogP contribution is -2.31. The smallest absolute Gasteiger partial charge is 0.265 e. The van der Waals surface area contributed by atoms with E-state index in [0.29, 0.717) is 5.56 Å². The maximum absolute atomic E-state index is 13.6. The predicted molar refractivity (Wildman–Crippen MR) is 77.5 cm³/mol. The van der Waals surface area contributed by atoms with Crippen LogP contribution < -0.4 is 11.1 Å². The van der Waals surface area contributed by atoms with Gasteiger partial charge in [-0.15, -0.1) is 0 Å². The third-order valence-corrected chi connectivity index (χ3v) is 2.75. The monoisotopic (exact) mass is 284 g/mol. The van der Waals surface area contributed by atoms with E-state index in [0.717, 1.165) is 0 Å². The van der Waals surface area contributed by atoms with E-state index in [9.17, 15) is 14.0 Å². The second kappa shape index (κ2) is 6.47. The number of carbonyl (C=O) groups excluding carboxylic acids is 2. The van der Waals surface area contributed by atoms with Crippen molar-refractivity contribution in [3.63, 3.8) is 0 Å². The zero-order valence-corrected chi connectivity index (χ0v) is 11.0. The lowest BCUT2D eigenvalue weighted by molar-refractivity contribution is -0.114. The third kappa shape index (κ3) is 3.76. The summed E-state index contributed by atoms with van der Waals surface area (Å²) in [7, 11) is 0. The first-order chi connectivity index (χ1) is 10.1. The van der Waals surface area contributed by atoms with E-state index in [-0.39, 0.29) is 11.3 Å². The van der Waals surface area contributed by atoms with E-state index in [1.54, 1.807) is 36.4 Å². The molecule has 0 aliphatic rings. The Morgan fingerprint density at radius 1 is 1.00 bits per heavy atom. The average Bonchev–Trinajstić information content (AvgIpc) is 2.49. The van der Waals surface area contributed by atoms with Gasteiger partial charge >= 0.3 is 0 Å². The molecule has 0 aliphatic carbocycles. The summed E-state index contributed by atoms with van der Waals surface area (Å²) in [4.78, 5) is 23.4. The number of amides is 2. The molecular formula is C16H13FN2O2. The molecule has 5 heteroatoms. The van der Waals surface area contributed by atoms with Crippen molar-refractivity contribution in [3.05, 3.63) is 77.2 Å². The van der Waals surface area contributed by atoms with Crippen molar-refractivity contribution in [1.29, 1.82) is 0 Å². The highest BCUT2D eigenvalue weighted by Crippen LogP contribution is 2.11. The molecule has 2 aromatic carbocycles. The van der Waals surface area contributed by atoms with Crippen LogP contribution in [0.5, 0.6) is 0 Å². The van der Waals surface area contributed by atoms with Crippen LogP contribution in [0.1, 0.15) is 15.9 Å². The van der Waals surface area contributed by atoms with E-state index >= 15 is 0 Å². The number of nitrogens with one attached hydrogen (secondary N) is 1. The predicted octanol–water partition coefficient (Wildman–Crippen LogP) is 2.08. The van der Waals surface area contributed by atoms with Crippen molar-refractivity contribution in [2.24, 2.45) is 5.73 Å². The molecule has 0 atom stereocenters. The lowest BCUT2D eigenvalue weighted by Gasteiger charge is -2.07. The zero-order chi connectivity index (χ0) is 15.2. The summed E-state index contributed by atoms with van der Waals surface area (Å²) in [5.41, 5.74) is 5.58. The molecule has 4 nitrogen and oxygen atoms in total. The normalized spacial score (nSPS) is 11.0. The van der Waals surface area contributed by atoms with Crippen LogP contribution in [0.2, 0.25) is 0 Å². The molecule has 0 saturated heterocycles. The average molecular weight is 284 g/mol. The fourth-order valence-corrected chi connectivity index (χ4v) is 1.70. The molecular weight excluding hydrogens is 271 g/mol. The molecule has 2 rings (SSSR count). The van der Waals surface area contributed by atoms with Crippen LogP contribution >= 0.6 is 0 Å². The van der Waals surface area contributed by atoms with Gasteiger partial charge in [-0.1, -0.05) is 36.4 Å². The van der Waals surface area contributed by atoms with Gasteiger partial charge in [0.15, 0.2) is 0 Å². The van der Waals surface area contributed by atoms with Crippen LogP contribution in [-0.4, -0.2) is 11.8 Å². The summed E-state index contributed by atoms with van der Waals surface area (Å²) < 4.78 is 13.6. The number of nitrogens with two attached hydrogens (primary N) is 1. The SMILES string of the molecule is NC(=O)C(=Cc1ccccc1F)NC(=O)c1ccccc1. The standard InChI is InChI=1S/C16H13FN2O2/c17-13-9-5-4-8-12(13)10-14(15(18)20)19-16(21)11-6-2-1-3-7-11/h1-10H,(H2,18,20)(H,19,21). The van der Waals surface area contributed by atoms with E-state index in [4.69, 9.17) is 5.73 Å². The van der Waals surface area contributed by atoms with Crippen LogP contribution in [0, 0.1) is 5.82 Å². The molecule has 2 aromatic rings. The van der Waals surface area contributed by atoms with Crippen LogP contribution in [0.25, 0.3) is 6.08 Å². The first kappa shape index (κ1) is 14.5. The molecule has 0 heterocycles. The first-order valence-electron chi connectivity index (χ1n) is 6.20. The Hall–Kier alpha value is -2.95. The molecule has 0 fully saturated rings. The van der Waals surface area contributed by atoms with Crippen molar-refractivity contribution in [1.82, 2.24) is 5.32 Å². The van der Waals surface area contributed by atoms with Gasteiger partial charge in [-0.2, -0.15) is 0 Å². The van der Waals surface area contributed by atoms with Gasteiger partial charge in [-0.25, -0.2) is 4.39 Å². The van der Waals surface area contributed by atoms with Crippen molar-refractivity contribution < 1.29 is 14.0 Å². The van der Waals surface area contributed by atoms with Gasteiger partial charge in [0.05, 0.1) is 0 Å². The van der Waals surface area contributed by atoms with Crippen molar-refractivity contribution in [2.45, 2.75) is 0 Å².